The smallest absolute Gasteiger partial charge is 0.148 e. The van der Waals surface area contributed by atoms with Gasteiger partial charge in [0.1, 0.15) is 17.3 Å². The van der Waals surface area contributed by atoms with Gasteiger partial charge >= 0.3 is 0 Å². The number of anilines is 1. The first-order chi connectivity index (χ1) is 6.96. The Morgan fingerprint density at radius 1 is 1.53 bits per heavy atom. The van der Waals surface area contributed by atoms with E-state index < -0.39 is 0 Å². The second-order valence-corrected chi connectivity index (χ2v) is 6.31. The van der Waals surface area contributed by atoms with Crippen molar-refractivity contribution < 1.29 is 0 Å². The minimum absolute atomic E-state index is 0.164. The van der Waals surface area contributed by atoms with Crippen LogP contribution in [0.25, 0.3) is 0 Å². The minimum Gasteiger partial charge on any atom is -0.368 e. The van der Waals surface area contributed by atoms with Crippen molar-refractivity contribution in [3.8, 4) is 0 Å². The molecule has 15 heavy (non-hydrogen) atoms. The Hall–Kier alpha value is -0.0000000000000000555. The monoisotopic (exact) mass is 309 g/mol. The van der Waals surface area contributed by atoms with Crippen LogP contribution in [0.1, 0.15) is 13.8 Å². The molecule has 0 saturated heterocycles. The third-order valence-electron chi connectivity index (χ3n) is 1.98. The van der Waals surface area contributed by atoms with Crippen LogP contribution in [-0.2, 0) is 0 Å². The van der Waals surface area contributed by atoms with E-state index in [0.29, 0.717) is 9.63 Å². The summed E-state index contributed by atoms with van der Waals surface area (Å²) in [6, 6.07) is 0. The molecule has 0 aliphatic carbocycles. The van der Waals surface area contributed by atoms with Gasteiger partial charge in [0.2, 0.25) is 0 Å². The molecule has 0 atom stereocenters. The highest BCUT2D eigenvalue weighted by molar-refractivity contribution is 9.10. The van der Waals surface area contributed by atoms with Gasteiger partial charge < -0.3 is 5.32 Å². The van der Waals surface area contributed by atoms with Gasteiger partial charge in [-0.15, -0.1) is 0 Å². The van der Waals surface area contributed by atoms with Crippen LogP contribution in [-0.4, -0.2) is 27.5 Å². The molecule has 0 unspecified atom stereocenters. The second kappa shape index (κ2) is 5.37. The van der Waals surface area contributed by atoms with E-state index >= 15 is 0 Å². The molecule has 0 amide bonds. The van der Waals surface area contributed by atoms with E-state index in [1.807, 2.05) is 0 Å². The Morgan fingerprint density at radius 3 is 2.80 bits per heavy atom. The summed E-state index contributed by atoms with van der Waals surface area (Å²) in [5.74, 6) is 0.733. The second-order valence-electron chi connectivity index (χ2n) is 3.64. The number of nitrogens with zero attached hydrogens (tertiary/aromatic N) is 2. The van der Waals surface area contributed by atoms with Gasteiger partial charge in [0.15, 0.2) is 0 Å². The van der Waals surface area contributed by atoms with Crippen molar-refractivity contribution in [2.24, 2.45) is 0 Å². The van der Waals surface area contributed by atoms with Gasteiger partial charge in [-0.2, -0.15) is 11.8 Å². The van der Waals surface area contributed by atoms with E-state index in [1.165, 1.54) is 6.33 Å². The van der Waals surface area contributed by atoms with E-state index in [0.717, 1.165) is 12.4 Å². The first-order valence-electron chi connectivity index (χ1n) is 4.41. The minimum atomic E-state index is 0.164. The largest absolute Gasteiger partial charge is 0.368 e. The van der Waals surface area contributed by atoms with E-state index in [9.17, 15) is 0 Å². The normalized spacial score (nSPS) is 11.5. The van der Waals surface area contributed by atoms with E-state index in [-0.39, 0.29) is 4.75 Å². The van der Waals surface area contributed by atoms with Gasteiger partial charge in [-0.05, 0) is 36.0 Å². The maximum atomic E-state index is 5.85. The number of aromatic nitrogens is 2. The number of thioether (sulfide) groups is 1. The molecule has 0 saturated carbocycles. The van der Waals surface area contributed by atoms with Gasteiger partial charge in [0.05, 0.1) is 4.47 Å². The van der Waals surface area contributed by atoms with Gasteiger partial charge in [0.25, 0.3) is 0 Å². The fourth-order valence-corrected chi connectivity index (χ4v) is 1.53. The first-order valence-corrected chi connectivity index (χ1v) is 6.81. The van der Waals surface area contributed by atoms with Gasteiger partial charge in [0, 0.05) is 11.3 Å². The number of halogens is 2. The fourth-order valence-electron chi connectivity index (χ4n) is 0.840. The van der Waals surface area contributed by atoms with Crippen LogP contribution in [0.3, 0.4) is 0 Å². The van der Waals surface area contributed by atoms with Gasteiger partial charge in [-0.1, -0.05) is 11.6 Å². The Balaban J connectivity index is 2.70. The van der Waals surface area contributed by atoms with Crippen molar-refractivity contribution in [2.45, 2.75) is 18.6 Å². The average Bonchev–Trinajstić information content (AvgIpc) is 2.20. The Morgan fingerprint density at radius 2 is 2.20 bits per heavy atom. The molecular formula is C9H13BrClN3S. The quantitative estimate of drug-likeness (QED) is 0.865. The van der Waals surface area contributed by atoms with Crippen LogP contribution < -0.4 is 5.32 Å². The van der Waals surface area contributed by atoms with E-state index in [4.69, 9.17) is 11.6 Å². The molecule has 0 bridgehead atoms. The van der Waals surface area contributed by atoms with Crippen molar-refractivity contribution in [1.82, 2.24) is 9.97 Å². The molecule has 0 aliphatic rings. The summed E-state index contributed by atoms with van der Waals surface area (Å²) in [6.07, 6.45) is 3.53. The topological polar surface area (TPSA) is 37.8 Å². The lowest BCUT2D eigenvalue weighted by Gasteiger charge is -2.22. The molecule has 0 fully saturated rings. The maximum absolute atomic E-state index is 5.85. The third-order valence-corrected chi connectivity index (χ3v) is 4.50. The first kappa shape index (κ1) is 13.1. The summed E-state index contributed by atoms with van der Waals surface area (Å²) >= 11 is 11.0. The van der Waals surface area contributed by atoms with Crippen molar-refractivity contribution in [3.05, 3.63) is 16.0 Å². The number of nitrogens with one attached hydrogen (secondary N) is 1. The molecule has 1 N–H and O–H groups in total. The van der Waals surface area contributed by atoms with Crippen LogP contribution in [0.4, 0.5) is 5.82 Å². The number of rotatable bonds is 4. The van der Waals surface area contributed by atoms with Crippen molar-refractivity contribution in [3.63, 3.8) is 0 Å². The molecule has 6 heteroatoms. The molecule has 1 aromatic rings. The number of hydrogen-bond acceptors (Lipinski definition) is 4. The van der Waals surface area contributed by atoms with Crippen molar-refractivity contribution in [2.75, 3.05) is 18.1 Å². The average molecular weight is 311 g/mol. The fraction of sp³-hybridized carbons (Fsp3) is 0.556. The third kappa shape index (κ3) is 3.81. The Kier molecular flexibility index (Phi) is 4.67. The summed E-state index contributed by atoms with van der Waals surface area (Å²) < 4.78 is 0.875. The predicted octanol–water partition coefficient (Wildman–Crippen LogP) is 3.45. The summed E-state index contributed by atoms with van der Waals surface area (Å²) in [6.45, 7) is 5.16. The van der Waals surface area contributed by atoms with Gasteiger partial charge in [-0.3, -0.25) is 0 Å². The zero-order chi connectivity index (χ0) is 11.5. The zero-order valence-electron chi connectivity index (χ0n) is 8.84. The van der Waals surface area contributed by atoms with E-state index in [1.54, 1.807) is 11.8 Å². The Bertz CT molecular complexity index is 346. The molecular weight excluding hydrogens is 298 g/mol. The zero-order valence-corrected chi connectivity index (χ0v) is 12.0. The molecule has 1 rings (SSSR count). The molecule has 3 nitrogen and oxygen atoms in total. The number of hydrogen-bond donors (Lipinski definition) is 1. The molecule has 0 spiro atoms. The lowest BCUT2D eigenvalue weighted by atomic mass is 10.2. The summed E-state index contributed by atoms with van der Waals surface area (Å²) in [5, 5.41) is 3.67. The van der Waals surface area contributed by atoms with E-state index in [2.05, 4.69) is 51.3 Å². The van der Waals surface area contributed by atoms with Crippen molar-refractivity contribution >= 4 is 45.1 Å². The van der Waals surface area contributed by atoms with Gasteiger partial charge in [-0.25, -0.2) is 9.97 Å². The Labute approximate surface area is 108 Å². The summed E-state index contributed by atoms with van der Waals surface area (Å²) in [5.41, 5.74) is 0. The predicted molar refractivity (Wildman–Crippen MR) is 70.8 cm³/mol. The molecule has 1 heterocycles. The molecule has 84 valence electrons. The molecule has 0 aliphatic heterocycles. The highest BCUT2D eigenvalue weighted by atomic mass is 79.9. The van der Waals surface area contributed by atoms with Crippen LogP contribution in [0, 0.1) is 0 Å². The standard InChI is InChI=1S/C9H13BrClN3S/c1-9(2,15-3)4-12-8-6(10)7(11)13-5-14-8/h5H,4H2,1-3H3,(H,12,13,14). The van der Waals surface area contributed by atoms with Crippen molar-refractivity contribution in [1.29, 1.82) is 0 Å². The SMILES string of the molecule is CSC(C)(C)CNc1ncnc(Cl)c1Br. The molecule has 1 aromatic heterocycles. The summed E-state index contributed by atoms with van der Waals surface area (Å²) in [4.78, 5) is 7.98. The molecule has 0 aromatic carbocycles. The van der Waals surface area contributed by atoms with Crippen LogP contribution in [0.15, 0.2) is 10.8 Å². The highest BCUT2D eigenvalue weighted by Crippen LogP contribution is 2.28. The highest BCUT2D eigenvalue weighted by Gasteiger charge is 2.16. The lowest BCUT2D eigenvalue weighted by molar-refractivity contribution is 0.749. The summed E-state index contributed by atoms with van der Waals surface area (Å²) in [7, 11) is 0. The van der Waals surface area contributed by atoms with Crippen LogP contribution in [0.2, 0.25) is 5.15 Å². The lowest BCUT2D eigenvalue weighted by Crippen LogP contribution is -2.26. The van der Waals surface area contributed by atoms with Crippen LogP contribution in [0.5, 0.6) is 0 Å². The molecule has 0 radical (unpaired) electrons. The van der Waals surface area contributed by atoms with Crippen LogP contribution >= 0.6 is 39.3 Å². The maximum Gasteiger partial charge on any atom is 0.148 e.